The monoisotopic (exact) mass is 589 g/mol. The summed E-state index contributed by atoms with van der Waals surface area (Å²) in [6.45, 7) is 0.219. The van der Waals surface area contributed by atoms with Gasteiger partial charge in [0, 0.05) is 26.6 Å². The van der Waals surface area contributed by atoms with E-state index in [1.807, 2.05) is 78.9 Å². The lowest BCUT2D eigenvalue weighted by molar-refractivity contribution is 0.306. The number of benzene rings is 5. The summed E-state index contributed by atoms with van der Waals surface area (Å²) in [5.41, 5.74) is 2.42. The van der Waals surface area contributed by atoms with E-state index in [-0.39, 0.29) is 12.2 Å². The number of rotatable bonds is 6. The molecule has 5 aromatic carbocycles. The predicted octanol–water partition coefficient (Wildman–Crippen LogP) is 8.73. The molecule has 42 heavy (non-hydrogen) atoms. The van der Waals surface area contributed by atoms with Crippen molar-refractivity contribution in [3.8, 4) is 17.3 Å². The van der Waals surface area contributed by atoms with Gasteiger partial charge < -0.3 is 9.15 Å². The van der Waals surface area contributed by atoms with E-state index < -0.39 is 0 Å². The van der Waals surface area contributed by atoms with Gasteiger partial charge in [0.1, 0.15) is 17.9 Å². The van der Waals surface area contributed by atoms with E-state index in [2.05, 4.69) is 0 Å². The quantitative estimate of drug-likeness (QED) is 0.182. The van der Waals surface area contributed by atoms with Gasteiger partial charge in [0.05, 0.1) is 17.1 Å². The molecule has 0 unspecified atom stereocenters. The fourth-order valence-corrected chi connectivity index (χ4v) is 5.39. The highest BCUT2D eigenvalue weighted by molar-refractivity contribution is 6.35. The Morgan fingerprint density at radius 2 is 1.60 bits per heavy atom. The topological polar surface area (TPSA) is 69.6 Å². The molecule has 0 radical (unpaired) electrons. The van der Waals surface area contributed by atoms with Crippen LogP contribution >= 0.6 is 23.2 Å². The van der Waals surface area contributed by atoms with Gasteiger partial charge in [-0.25, -0.2) is 4.98 Å². The summed E-state index contributed by atoms with van der Waals surface area (Å²) in [5.74, 6) is 1.31. The van der Waals surface area contributed by atoms with Crippen molar-refractivity contribution in [2.24, 2.45) is 5.10 Å². The first-order valence-electron chi connectivity index (χ1n) is 13.2. The molecule has 0 saturated heterocycles. The number of ether oxygens (including phenoxy) is 1. The molecular formula is C34H21Cl2N3O3. The lowest BCUT2D eigenvalue weighted by Gasteiger charge is -2.13. The van der Waals surface area contributed by atoms with Crippen LogP contribution in [0.15, 0.2) is 124 Å². The molecule has 0 N–H and O–H groups in total. The summed E-state index contributed by atoms with van der Waals surface area (Å²) < 4.78 is 13.6. The van der Waals surface area contributed by atoms with Crippen molar-refractivity contribution in [1.82, 2.24) is 9.66 Å². The van der Waals surface area contributed by atoms with Crippen molar-refractivity contribution >= 4 is 62.1 Å². The normalized spacial score (nSPS) is 11.7. The van der Waals surface area contributed by atoms with Crippen LogP contribution in [0.2, 0.25) is 10.0 Å². The minimum absolute atomic E-state index is 0.219. The maximum absolute atomic E-state index is 13.8. The van der Waals surface area contributed by atoms with Crippen LogP contribution in [0, 0.1) is 0 Å². The molecule has 0 amide bonds. The molecule has 0 spiro atoms. The molecule has 2 aromatic heterocycles. The van der Waals surface area contributed by atoms with Crippen LogP contribution in [0.5, 0.6) is 5.75 Å². The molecule has 204 valence electrons. The van der Waals surface area contributed by atoms with Crippen molar-refractivity contribution in [2.75, 3.05) is 0 Å². The molecule has 0 saturated carbocycles. The minimum atomic E-state index is -0.317. The largest absolute Gasteiger partial charge is 0.488 e. The molecule has 7 rings (SSSR count). The van der Waals surface area contributed by atoms with Crippen LogP contribution in [0.3, 0.4) is 0 Å². The second-order valence-electron chi connectivity index (χ2n) is 9.69. The fourth-order valence-electron chi connectivity index (χ4n) is 4.93. The number of hydrogen-bond acceptors (Lipinski definition) is 5. The Balaban J connectivity index is 1.38. The predicted molar refractivity (Wildman–Crippen MR) is 169 cm³/mol. The van der Waals surface area contributed by atoms with E-state index in [1.165, 1.54) is 4.68 Å². The van der Waals surface area contributed by atoms with Crippen LogP contribution in [-0.4, -0.2) is 15.9 Å². The van der Waals surface area contributed by atoms with E-state index in [4.69, 9.17) is 42.4 Å². The van der Waals surface area contributed by atoms with Crippen LogP contribution in [0.4, 0.5) is 0 Å². The zero-order valence-corrected chi connectivity index (χ0v) is 23.5. The first-order valence-corrected chi connectivity index (χ1v) is 13.9. The number of nitrogens with zero attached hydrogens (tertiary/aromatic N) is 3. The standard InChI is InChI=1S/C34H21Cl2N3O3/c35-24-15-13-23(28(36)18-24)20-41-31-16-14-21-7-1-3-9-25(21)27(31)19-37-39-33(32-17-22-8-2-6-12-30(22)42-32)38-29-11-5-4-10-26(29)34(39)40/h1-19H,20H2. The fraction of sp³-hybridized carbons (Fsp3) is 0.0294. The second kappa shape index (κ2) is 10.8. The Kier molecular flexibility index (Phi) is 6.70. The van der Waals surface area contributed by atoms with Crippen molar-refractivity contribution in [2.45, 2.75) is 6.61 Å². The highest BCUT2D eigenvalue weighted by atomic mass is 35.5. The van der Waals surface area contributed by atoms with Gasteiger partial charge in [0.25, 0.3) is 5.56 Å². The second-order valence-corrected chi connectivity index (χ2v) is 10.5. The molecule has 2 heterocycles. The molecule has 6 nitrogen and oxygen atoms in total. The average molecular weight is 590 g/mol. The van der Waals surface area contributed by atoms with E-state index in [9.17, 15) is 4.79 Å². The SMILES string of the molecule is O=c1c2ccccc2nc(-c2cc3ccccc3o2)n1N=Cc1c(OCc2ccc(Cl)cc2Cl)ccc2ccccc12. The van der Waals surface area contributed by atoms with Gasteiger partial charge in [-0.15, -0.1) is 0 Å². The van der Waals surface area contributed by atoms with E-state index in [0.29, 0.717) is 49.4 Å². The van der Waals surface area contributed by atoms with Crippen LogP contribution in [-0.2, 0) is 6.61 Å². The summed E-state index contributed by atoms with van der Waals surface area (Å²) >= 11 is 12.5. The van der Waals surface area contributed by atoms with Gasteiger partial charge in [0.2, 0.25) is 5.82 Å². The van der Waals surface area contributed by atoms with Gasteiger partial charge >= 0.3 is 0 Å². The number of halogens is 2. The Morgan fingerprint density at radius 1 is 0.833 bits per heavy atom. The first kappa shape index (κ1) is 26.0. The van der Waals surface area contributed by atoms with Crippen LogP contribution in [0.1, 0.15) is 11.1 Å². The average Bonchev–Trinajstić information content (AvgIpc) is 3.45. The van der Waals surface area contributed by atoms with Crippen molar-refractivity contribution < 1.29 is 9.15 Å². The molecular weight excluding hydrogens is 569 g/mol. The zero-order chi connectivity index (χ0) is 28.6. The highest BCUT2D eigenvalue weighted by Gasteiger charge is 2.17. The maximum atomic E-state index is 13.8. The maximum Gasteiger partial charge on any atom is 0.282 e. The third-order valence-corrected chi connectivity index (χ3v) is 7.62. The smallest absolute Gasteiger partial charge is 0.282 e. The third-order valence-electron chi connectivity index (χ3n) is 7.03. The first-order chi connectivity index (χ1) is 20.5. The summed E-state index contributed by atoms with van der Waals surface area (Å²) in [5, 5.41) is 9.02. The summed E-state index contributed by atoms with van der Waals surface area (Å²) in [6.07, 6.45) is 1.63. The van der Waals surface area contributed by atoms with Gasteiger partial charge in [0.15, 0.2) is 5.76 Å². The van der Waals surface area contributed by atoms with Crippen LogP contribution in [0.25, 0.3) is 44.2 Å². The van der Waals surface area contributed by atoms with Gasteiger partial charge in [-0.3, -0.25) is 4.79 Å². The Morgan fingerprint density at radius 3 is 2.43 bits per heavy atom. The zero-order valence-electron chi connectivity index (χ0n) is 22.0. The summed E-state index contributed by atoms with van der Waals surface area (Å²) in [4.78, 5) is 18.6. The van der Waals surface area contributed by atoms with Gasteiger partial charge in [-0.05, 0) is 53.2 Å². The van der Waals surface area contributed by atoms with E-state index >= 15 is 0 Å². The molecule has 0 fully saturated rings. The lowest BCUT2D eigenvalue weighted by atomic mass is 10.0. The molecule has 0 bridgehead atoms. The molecule has 7 aromatic rings. The van der Waals surface area contributed by atoms with Gasteiger partial charge in [-0.1, -0.05) is 89.9 Å². The molecule has 0 aliphatic carbocycles. The van der Waals surface area contributed by atoms with E-state index in [1.54, 1.807) is 36.5 Å². The van der Waals surface area contributed by atoms with Crippen molar-refractivity contribution in [3.63, 3.8) is 0 Å². The number of fused-ring (bicyclic) bond motifs is 3. The number of hydrogen-bond donors (Lipinski definition) is 0. The Bertz CT molecular complexity index is 2190. The van der Waals surface area contributed by atoms with Crippen molar-refractivity contribution in [1.29, 1.82) is 0 Å². The van der Waals surface area contributed by atoms with Crippen LogP contribution < -0.4 is 10.3 Å². The Labute approximate surface area is 250 Å². The minimum Gasteiger partial charge on any atom is -0.488 e. The molecule has 0 aliphatic heterocycles. The highest BCUT2D eigenvalue weighted by Crippen LogP contribution is 2.30. The number of furan rings is 1. The lowest BCUT2D eigenvalue weighted by Crippen LogP contribution is -2.20. The molecule has 0 aliphatic rings. The molecule has 8 heteroatoms. The number of aromatic nitrogens is 2. The van der Waals surface area contributed by atoms with Crippen molar-refractivity contribution in [3.05, 3.63) is 141 Å². The summed E-state index contributed by atoms with van der Waals surface area (Å²) in [7, 11) is 0. The molecule has 0 atom stereocenters. The summed E-state index contributed by atoms with van der Waals surface area (Å²) in [6, 6.07) is 33.8. The Hall–Kier alpha value is -4.91. The van der Waals surface area contributed by atoms with E-state index in [0.717, 1.165) is 21.7 Å². The number of para-hydroxylation sites is 2. The van der Waals surface area contributed by atoms with Gasteiger partial charge in [-0.2, -0.15) is 9.78 Å². The third kappa shape index (κ3) is 4.81.